The predicted octanol–water partition coefficient (Wildman–Crippen LogP) is 2.46. The summed E-state index contributed by atoms with van der Waals surface area (Å²) in [6.07, 6.45) is 0.513. The fourth-order valence-electron chi connectivity index (χ4n) is 2.00. The first-order valence-electron chi connectivity index (χ1n) is 7.49. The molecule has 0 atom stereocenters. The number of carbonyl (C=O) groups is 1. The van der Waals surface area contributed by atoms with Gasteiger partial charge in [0.05, 0.1) is 0 Å². The maximum atomic E-state index is 11.3. The van der Waals surface area contributed by atoms with E-state index in [4.69, 9.17) is 0 Å². The summed E-state index contributed by atoms with van der Waals surface area (Å²) in [5.74, 6) is 0.0737. The highest BCUT2D eigenvalue weighted by Gasteiger charge is 2.10. The molecule has 1 aromatic carbocycles. The van der Waals surface area contributed by atoms with Gasteiger partial charge in [-0.25, -0.2) is 0 Å². The Labute approximate surface area is 128 Å². The van der Waals surface area contributed by atoms with E-state index < -0.39 is 0 Å². The van der Waals surface area contributed by atoms with Gasteiger partial charge >= 0.3 is 0 Å². The van der Waals surface area contributed by atoms with E-state index in [1.165, 1.54) is 11.1 Å². The van der Waals surface area contributed by atoms with Crippen molar-refractivity contribution in [2.45, 2.75) is 46.2 Å². The van der Waals surface area contributed by atoms with Gasteiger partial charge in [-0.1, -0.05) is 6.07 Å². The summed E-state index contributed by atoms with van der Waals surface area (Å²) in [5, 5.41) is 6.16. The molecule has 0 saturated carbocycles. The van der Waals surface area contributed by atoms with Gasteiger partial charge < -0.3 is 15.5 Å². The van der Waals surface area contributed by atoms with Gasteiger partial charge in [0.15, 0.2) is 0 Å². The van der Waals surface area contributed by atoms with Crippen LogP contribution in [0.15, 0.2) is 18.2 Å². The smallest absolute Gasteiger partial charge is 0.221 e. The number of aryl methyl sites for hydroxylation is 1. The number of anilines is 1. The fourth-order valence-corrected chi connectivity index (χ4v) is 2.00. The molecule has 0 spiro atoms. The number of hydrogen-bond acceptors (Lipinski definition) is 3. The van der Waals surface area contributed by atoms with Gasteiger partial charge in [0.1, 0.15) is 0 Å². The zero-order valence-electron chi connectivity index (χ0n) is 14.2. The highest BCUT2D eigenvalue weighted by molar-refractivity contribution is 5.76. The van der Waals surface area contributed by atoms with E-state index in [-0.39, 0.29) is 11.4 Å². The summed E-state index contributed by atoms with van der Waals surface area (Å²) >= 11 is 0. The van der Waals surface area contributed by atoms with Gasteiger partial charge in [0, 0.05) is 44.8 Å². The summed E-state index contributed by atoms with van der Waals surface area (Å²) in [4.78, 5) is 13.4. The average molecular weight is 291 g/mol. The molecule has 1 amide bonds. The third-order valence-electron chi connectivity index (χ3n) is 3.53. The number of nitrogens with one attached hydrogen (secondary N) is 2. The zero-order chi connectivity index (χ0) is 16.0. The van der Waals surface area contributed by atoms with E-state index in [2.05, 4.69) is 61.4 Å². The lowest BCUT2D eigenvalue weighted by atomic mass is 10.0. The molecule has 0 aromatic heterocycles. The van der Waals surface area contributed by atoms with Crippen LogP contribution in [0.3, 0.4) is 0 Å². The van der Waals surface area contributed by atoms with Crippen molar-refractivity contribution in [1.29, 1.82) is 0 Å². The third-order valence-corrected chi connectivity index (χ3v) is 3.53. The minimum absolute atomic E-state index is 0.0737. The summed E-state index contributed by atoms with van der Waals surface area (Å²) in [7, 11) is 3.69. The van der Waals surface area contributed by atoms with E-state index in [1.54, 1.807) is 7.05 Å². The molecule has 0 aliphatic heterocycles. The van der Waals surface area contributed by atoms with Crippen molar-refractivity contribution in [1.82, 2.24) is 10.6 Å². The van der Waals surface area contributed by atoms with Crippen LogP contribution in [-0.4, -0.2) is 32.1 Å². The molecular weight excluding hydrogens is 262 g/mol. The molecule has 4 nitrogen and oxygen atoms in total. The molecule has 0 unspecified atom stereocenters. The van der Waals surface area contributed by atoms with Crippen LogP contribution in [0.25, 0.3) is 0 Å². The Morgan fingerprint density at radius 3 is 2.48 bits per heavy atom. The van der Waals surface area contributed by atoms with Crippen molar-refractivity contribution in [3.63, 3.8) is 0 Å². The molecule has 0 aliphatic rings. The second-order valence-electron chi connectivity index (χ2n) is 6.56. The van der Waals surface area contributed by atoms with Gasteiger partial charge in [-0.2, -0.15) is 0 Å². The molecule has 2 N–H and O–H groups in total. The topological polar surface area (TPSA) is 44.4 Å². The van der Waals surface area contributed by atoms with Gasteiger partial charge in [0.2, 0.25) is 5.91 Å². The largest absolute Gasteiger partial charge is 0.374 e. The molecule has 0 saturated heterocycles. The fraction of sp³-hybridized carbons (Fsp3) is 0.588. The Bertz CT molecular complexity index is 477. The van der Waals surface area contributed by atoms with Crippen molar-refractivity contribution < 1.29 is 4.79 Å². The predicted molar refractivity (Wildman–Crippen MR) is 89.7 cm³/mol. The van der Waals surface area contributed by atoms with Crippen LogP contribution < -0.4 is 15.5 Å². The minimum atomic E-state index is 0.0737. The number of hydrogen-bond donors (Lipinski definition) is 2. The molecule has 0 fully saturated rings. The zero-order valence-corrected chi connectivity index (χ0v) is 14.2. The van der Waals surface area contributed by atoms with Crippen LogP contribution in [0.5, 0.6) is 0 Å². The van der Waals surface area contributed by atoms with Crippen LogP contribution in [0.4, 0.5) is 5.69 Å². The number of benzene rings is 1. The Hall–Kier alpha value is -1.55. The minimum Gasteiger partial charge on any atom is -0.374 e. The third kappa shape index (κ3) is 6.17. The molecule has 118 valence electrons. The molecule has 0 aliphatic carbocycles. The second kappa shape index (κ2) is 7.46. The Balaban J connectivity index is 2.66. The normalized spacial score (nSPS) is 11.3. The highest BCUT2D eigenvalue weighted by atomic mass is 16.1. The van der Waals surface area contributed by atoms with Crippen molar-refractivity contribution in [3.05, 3.63) is 29.3 Å². The quantitative estimate of drug-likeness (QED) is 0.846. The maximum Gasteiger partial charge on any atom is 0.221 e. The molecule has 0 heterocycles. The summed E-state index contributed by atoms with van der Waals surface area (Å²) in [6, 6.07) is 6.47. The van der Waals surface area contributed by atoms with Crippen molar-refractivity contribution >= 4 is 11.6 Å². The molecule has 1 rings (SSSR count). The molecule has 4 heteroatoms. The van der Waals surface area contributed by atoms with E-state index in [0.29, 0.717) is 6.42 Å². The lowest BCUT2D eigenvalue weighted by Gasteiger charge is -2.23. The standard InChI is InChI=1S/C17H29N3O/c1-13-11-15(20(6)10-9-16(21)18-5)8-7-14(13)12-19-17(2,3)4/h7-8,11,19H,9-10,12H2,1-6H3,(H,18,21). The first-order valence-corrected chi connectivity index (χ1v) is 7.49. The second-order valence-corrected chi connectivity index (χ2v) is 6.56. The van der Waals surface area contributed by atoms with E-state index in [9.17, 15) is 4.79 Å². The van der Waals surface area contributed by atoms with E-state index in [0.717, 1.165) is 18.8 Å². The van der Waals surface area contributed by atoms with Gasteiger partial charge in [-0.3, -0.25) is 4.79 Å². The summed E-state index contributed by atoms with van der Waals surface area (Å²) < 4.78 is 0. The molecule has 0 bridgehead atoms. The first kappa shape index (κ1) is 17.5. The highest BCUT2D eigenvalue weighted by Crippen LogP contribution is 2.19. The maximum absolute atomic E-state index is 11.3. The van der Waals surface area contributed by atoms with Crippen LogP contribution in [-0.2, 0) is 11.3 Å². The van der Waals surface area contributed by atoms with Gasteiger partial charge in [0.25, 0.3) is 0 Å². The van der Waals surface area contributed by atoms with Crippen molar-refractivity contribution in [3.8, 4) is 0 Å². The number of rotatable bonds is 6. The summed E-state index contributed by atoms with van der Waals surface area (Å²) in [6.45, 7) is 10.2. The summed E-state index contributed by atoms with van der Waals surface area (Å²) in [5.41, 5.74) is 3.86. The average Bonchev–Trinajstić information content (AvgIpc) is 2.41. The van der Waals surface area contributed by atoms with E-state index in [1.807, 2.05) is 7.05 Å². The lowest BCUT2D eigenvalue weighted by molar-refractivity contribution is -0.120. The van der Waals surface area contributed by atoms with Crippen molar-refractivity contribution in [2.24, 2.45) is 0 Å². The molecular formula is C17H29N3O. The Morgan fingerprint density at radius 1 is 1.29 bits per heavy atom. The molecule has 0 radical (unpaired) electrons. The van der Waals surface area contributed by atoms with Crippen LogP contribution in [0.2, 0.25) is 0 Å². The Morgan fingerprint density at radius 2 is 1.95 bits per heavy atom. The van der Waals surface area contributed by atoms with Crippen LogP contribution in [0, 0.1) is 6.92 Å². The van der Waals surface area contributed by atoms with Crippen LogP contribution in [0.1, 0.15) is 38.3 Å². The Kier molecular flexibility index (Phi) is 6.21. The monoisotopic (exact) mass is 291 g/mol. The lowest BCUT2D eigenvalue weighted by Crippen LogP contribution is -2.35. The van der Waals surface area contributed by atoms with Gasteiger partial charge in [-0.05, 0) is 51.0 Å². The number of nitrogens with zero attached hydrogens (tertiary/aromatic N) is 1. The van der Waals surface area contributed by atoms with E-state index >= 15 is 0 Å². The SMILES string of the molecule is CNC(=O)CCN(C)c1ccc(CNC(C)(C)C)c(C)c1. The first-order chi connectivity index (χ1) is 9.73. The number of carbonyl (C=O) groups excluding carboxylic acids is 1. The number of amides is 1. The van der Waals surface area contributed by atoms with Crippen LogP contribution >= 0.6 is 0 Å². The molecule has 1 aromatic rings. The molecule has 21 heavy (non-hydrogen) atoms. The van der Waals surface area contributed by atoms with Gasteiger partial charge in [-0.15, -0.1) is 0 Å². The van der Waals surface area contributed by atoms with Crippen molar-refractivity contribution in [2.75, 3.05) is 25.5 Å².